The molecule has 2 atom stereocenters. The molecule has 0 saturated carbocycles. The van der Waals surface area contributed by atoms with Crippen molar-refractivity contribution >= 4 is 11.9 Å². The molecule has 3 N–H and O–H groups in total. The summed E-state index contributed by atoms with van der Waals surface area (Å²) in [7, 11) is 0. The zero-order valence-corrected chi connectivity index (χ0v) is 35.5. The van der Waals surface area contributed by atoms with Crippen molar-refractivity contribution in [2.45, 2.75) is 264 Å². The van der Waals surface area contributed by atoms with Crippen molar-refractivity contribution in [1.29, 1.82) is 0 Å². The van der Waals surface area contributed by atoms with Crippen molar-refractivity contribution in [1.82, 2.24) is 5.32 Å². The number of amides is 1. The normalized spacial score (nSPS) is 12.8. The van der Waals surface area contributed by atoms with Crippen LogP contribution in [0.2, 0.25) is 0 Å². The van der Waals surface area contributed by atoms with Gasteiger partial charge in [0.15, 0.2) is 0 Å². The van der Waals surface area contributed by atoms with Crippen molar-refractivity contribution in [3.63, 3.8) is 0 Å². The van der Waals surface area contributed by atoms with E-state index < -0.39 is 12.1 Å². The summed E-state index contributed by atoms with van der Waals surface area (Å²) in [5.41, 5.74) is 0. The van der Waals surface area contributed by atoms with Crippen molar-refractivity contribution < 1.29 is 24.5 Å². The van der Waals surface area contributed by atoms with Crippen LogP contribution in [0.4, 0.5) is 0 Å². The molecule has 314 valence electrons. The Bertz CT molecular complexity index is 787. The van der Waals surface area contributed by atoms with E-state index in [1.807, 2.05) is 6.08 Å². The van der Waals surface area contributed by atoms with Gasteiger partial charge in [-0.25, -0.2) is 0 Å². The number of rotatable bonds is 43. The Balaban J connectivity index is 3.52. The van der Waals surface area contributed by atoms with Crippen molar-refractivity contribution in [3.8, 4) is 0 Å². The van der Waals surface area contributed by atoms with Gasteiger partial charge in [-0.3, -0.25) is 9.59 Å². The Morgan fingerprint density at radius 2 is 0.868 bits per heavy atom. The summed E-state index contributed by atoms with van der Waals surface area (Å²) in [6.45, 7) is 4.85. The zero-order valence-electron chi connectivity index (χ0n) is 35.5. The molecule has 0 heterocycles. The van der Waals surface area contributed by atoms with Crippen LogP contribution < -0.4 is 5.32 Å². The van der Waals surface area contributed by atoms with Crippen molar-refractivity contribution in [2.75, 3.05) is 13.2 Å². The molecule has 0 aromatic carbocycles. The van der Waals surface area contributed by atoms with Gasteiger partial charge in [-0.2, -0.15) is 0 Å². The van der Waals surface area contributed by atoms with Crippen LogP contribution in [-0.2, 0) is 14.3 Å². The molecule has 0 bridgehead atoms. The highest BCUT2D eigenvalue weighted by Crippen LogP contribution is 2.15. The Kier molecular flexibility index (Phi) is 42.2. The molecule has 0 spiro atoms. The number of nitrogens with one attached hydrogen (secondary N) is 1. The minimum atomic E-state index is -0.854. The van der Waals surface area contributed by atoms with Gasteiger partial charge in [-0.05, 0) is 32.1 Å². The highest BCUT2D eigenvalue weighted by molar-refractivity contribution is 5.76. The number of aliphatic hydroxyl groups excluding tert-OH is 2. The zero-order chi connectivity index (χ0) is 38.7. The van der Waals surface area contributed by atoms with Gasteiger partial charge in [0.2, 0.25) is 5.91 Å². The molecule has 1 amide bonds. The molecule has 0 aromatic rings. The first-order valence-corrected chi connectivity index (χ1v) is 23.5. The molecule has 0 aliphatic heterocycles. The second-order valence-electron chi connectivity index (χ2n) is 16.1. The summed E-state index contributed by atoms with van der Waals surface area (Å²) in [5, 5.41) is 23.0. The highest BCUT2D eigenvalue weighted by Gasteiger charge is 2.18. The van der Waals surface area contributed by atoms with E-state index >= 15 is 0 Å². The van der Waals surface area contributed by atoms with E-state index in [0.29, 0.717) is 19.4 Å². The van der Waals surface area contributed by atoms with Gasteiger partial charge in [-0.15, -0.1) is 0 Å². The molecular formula is C47H91NO5. The second-order valence-corrected chi connectivity index (χ2v) is 16.1. The Morgan fingerprint density at radius 1 is 0.509 bits per heavy atom. The summed E-state index contributed by atoms with van der Waals surface area (Å²) in [5.74, 6) is -0.103. The summed E-state index contributed by atoms with van der Waals surface area (Å²) < 4.78 is 5.43. The van der Waals surface area contributed by atoms with E-state index in [1.165, 1.54) is 167 Å². The first-order valence-electron chi connectivity index (χ1n) is 23.5. The number of allylic oxidation sites excluding steroid dienone is 1. The Hall–Kier alpha value is -1.40. The monoisotopic (exact) mass is 750 g/mol. The third-order valence-electron chi connectivity index (χ3n) is 10.8. The van der Waals surface area contributed by atoms with Crippen LogP contribution in [0.1, 0.15) is 251 Å². The molecule has 0 aliphatic rings. The third-order valence-corrected chi connectivity index (χ3v) is 10.8. The lowest BCUT2D eigenvalue weighted by Crippen LogP contribution is -2.45. The lowest BCUT2D eigenvalue weighted by molar-refractivity contribution is -0.143. The van der Waals surface area contributed by atoms with E-state index in [-0.39, 0.29) is 18.5 Å². The molecule has 6 nitrogen and oxygen atoms in total. The van der Waals surface area contributed by atoms with Crippen LogP contribution in [0.5, 0.6) is 0 Å². The maximum atomic E-state index is 12.4. The van der Waals surface area contributed by atoms with Gasteiger partial charge in [0.05, 0.1) is 25.4 Å². The van der Waals surface area contributed by atoms with E-state index in [4.69, 9.17) is 4.74 Å². The average Bonchev–Trinajstić information content (AvgIpc) is 3.16. The van der Waals surface area contributed by atoms with Gasteiger partial charge in [-0.1, -0.05) is 219 Å². The van der Waals surface area contributed by atoms with Gasteiger partial charge < -0.3 is 20.3 Å². The highest BCUT2D eigenvalue weighted by atomic mass is 16.5. The van der Waals surface area contributed by atoms with Crippen LogP contribution in [0.3, 0.4) is 0 Å². The summed E-state index contributed by atoms with van der Waals surface area (Å²) in [6, 6.07) is -0.639. The van der Waals surface area contributed by atoms with E-state index in [9.17, 15) is 19.8 Å². The van der Waals surface area contributed by atoms with Crippen molar-refractivity contribution in [3.05, 3.63) is 12.2 Å². The van der Waals surface area contributed by atoms with E-state index in [2.05, 4.69) is 19.2 Å². The molecule has 0 fully saturated rings. The minimum absolute atomic E-state index is 0.0160. The topological polar surface area (TPSA) is 95.9 Å². The van der Waals surface area contributed by atoms with Gasteiger partial charge in [0, 0.05) is 12.8 Å². The minimum Gasteiger partial charge on any atom is -0.466 e. The first kappa shape index (κ1) is 51.6. The summed E-state index contributed by atoms with van der Waals surface area (Å²) in [4.78, 5) is 24.3. The number of carbonyl (C=O) groups excluding carboxylic acids is 2. The van der Waals surface area contributed by atoms with Gasteiger partial charge in [0.25, 0.3) is 0 Å². The van der Waals surface area contributed by atoms with Crippen LogP contribution in [-0.4, -0.2) is 47.4 Å². The van der Waals surface area contributed by atoms with E-state index in [0.717, 1.165) is 57.8 Å². The van der Waals surface area contributed by atoms with Crippen LogP contribution in [0.25, 0.3) is 0 Å². The maximum Gasteiger partial charge on any atom is 0.305 e. The van der Waals surface area contributed by atoms with Crippen molar-refractivity contribution in [2.24, 2.45) is 0 Å². The molecule has 53 heavy (non-hydrogen) atoms. The standard InChI is InChI=1S/C47H91NO5/c1-3-5-7-9-11-13-15-16-17-20-23-27-31-35-39-45(50)44(43-49)48-46(51)40-36-32-28-24-21-18-22-26-30-34-38-42-53-47(52)41-37-33-29-25-19-14-12-10-8-6-4-2/h35,39,44-45,49-50H,3-34,36-38,40-43H2,1-2H3,(H,48,51)/b39-35+. The van der Waals surface area contributed by atoms with Gasteiger partial charge >= 0.3 is 5.97 Å². The Labute approximate surface area is 329 Å². The number of hydrogen-bond donors (Lipinski definition) is 3. The van der Waals surface area contributed by atoms with E-state index in [1.54, 1.807) is 6.08 Å². The van der Waals surface area contributed by atoms with Crippen LogP contribution >= 0.6 is 0 Å². The first-order chi connectivity index (χ1) is 26.0. The van der Waals surface area contributed by atoms with Crippen LogP contribution in [0, 0.1) is 0 Å². The number of unbranched alkanes of at least 4 members (excludes halogenated alkanes) is 32. The molecule has 0 rings (SSSR count). The average molecular weight is 750 g/mol. The van der Waals surface area contributed by atoms with Crippen LogP contribution in [0.15, 0.2) is 12.2 Å². The third kappa shape index (κ3) is 40.1. The largest absolute Gasteiger partial charge is 0.466 e. The number of ether oxygens (including phenoxy) is 1. The smallest absolute Gasteiger partial charge is 0.305 e. The molecular weight excluding hydrogens is 659 g/mol. The Morgan fingerprint density at radius 3 is 1.28 bits per heavy atom. The number of carbonyl (C=O) groups is 2. The second kappa shape index (κ2) is 43.3. The summed E-state index contributed by atoms with van der Waals surface area (Å²) >= 11 is 0. The van der Waals surface area contributed by atoms with Gasteiger partial charge in [0.1, 0.15) is 0 Å². The molecule has 2 unspecified atom stereocenters. The fourth-order valence-corrected chi connectivity index (χ4v) is 7.16. The molecule has 0 aromatic heterocycles. The fraction of sp³-hybridized carbons (Fsp3) is 0.915. The number of hydrogen-bond acceptors (Lipinski definition) is 5. The lowest BCUT2D eigenvalue weighted by Gasteiger charge is -2.20. The molecule has 0 radical (unpaired) electrons. The molecule has 0 saturated heterocycles. The quantitative estimate of drug-likeness (QED) is 0.0328. The maximum absolute atomic E-state index is 12.4. The predicted molar refractivity (Wildman–Crippen MR) is 227 cm³/mol. The SMILES string of the molecule is CCCCCCCCCCCCCC/C=C/C(O)C(CO)NC(=O)CCCCCCCCCCCCCOC(=O)CCCCCCCCCCCCC. The molecule has 0 aliphatic carbocycles. The fourth-order valence-electron chi connectivity index (χ4n) is 7.16. The summed E-state index contributed by atoms with van der Waals surface area (Å²) in [6.07, 6.45) is 47.6. The lowest BCUT2D eigenvalue weighted by atomic mass is 10.0. The number of esters is 1. The predicted octanol–water partition coefficient (Wildman–Crippen LogP) is 13.4. The number of aliphatic hydroxyl groups is 2. The molecule has 6 heteroatoms.